The van der Waals surface area contributed by atoms with Gasteiger partial charge in [-0.15, -0.1) is 0 Å². The fourth-order valence-corrected chi connectivity index (χ4v) is 3.93. The van der Waals surface area contributed by atoms with Crippen LogP contribution in [-0.2, 0) is 4.74 Å². The van der Waals surface area contributed by atoms with Crippen LogP contribution in [0, 0.1) is 0 Å². The van der Waals surface area contributed by atoms with Crippen LogP contribution in [-0.4, -0.2) is 43.8 Å². The number of aromatic nitrogens is 1. The van der Waals surface area contributed by atoms with Gasteiger partial charge in [-0.3, -0.25) is 4.79 Å². The number of halogens is 2. The van der Waals surface area contributed by atoms with Crippen molar-refractivity contribution in [3.8, 4) is 5.75 Å². The van der Waals surface area contributed by atoms with Gasteiger partial charge in [-0.25, -0.2) is 4.98 Å². The van der Waals surface area contributed by atoms with Gasteiger partial charge in [0.1, 0.15) is 5.75 Å². The zero-order valence-corrected chi connectivity index (χ0v) is 15.5. The largest absolute Gasteiger partial charge is 0.435 e. The Hall–Kier alpha value is -2.78. The first-order valence-electron chi connectivity index (χ1n) is 8.68. The van der Waals surface area contributed by atoms with E-state index in [1.54, 1.807) is 17.4 Å². The van der Waals surface area contributed by atoms with Crippen LogP contribution >= 0.6 is 11.3 Å². The zero-order chi connectivity index (χ0) is 19.5. The number of hydrogen-bond donors (Lipinski definition) is 1. The third-order valence-electron chi connectivity index (χ3n) is 4.26. The number of amides is 1. The Morgan fingerprint density at radius 3 is 2.64 bits per heavy atom. The second-order valence-electron chi connectivity index (χ2n) is 6.14. The molecule has 3 aromatic rings. The lowest BCUT2D eigenvalue weighted by Crippen LogP contribution is -2.36. The average molecular weight is 405 g/mol. The second kappa shape index (κ2) is 8.07. The molecule has 0 unspecified atom stereocenters. The number of rotatable bonds is 5. The Balaban J connectivity index is 1.47. The van der Waals surface area contributed by atoms with Gasteiger partial charge in [0.15, 0.2) is 5.13 Å². The first-order chi connectivity index (χ1) is 13.6. The minimum Gasteiger partial charge on any atom is -0.435 e. The number of nitrogens with one attached hydrogen (secondary N) is 1. The average Bonchev–Trinajstić information content (AvgIpc) is 3.12. The summed E-state index contributed by atoms with van der Waals surface area (Å²) >= 11 is 1.57. The van der Waals surface area contributed by atoms with Crippen LogP contribution < -0.4 is 15.0 Å². The molecule has 1 N–H and O–H groups in total. The summed E-state index contributed by atoms with van der Waals surface area (Å²) in [5.41, 5.74) is 1.86. The molecule has 1 saturated heterocycles. The molecular weight excluding hydrogens is 388 g/mol. The molecule has 9 heteroatoms. The van der Waals surface area contributed by atoms with E-state index in [-0.39, 0.29) is 11.7 Å². The first-order valence-corrected chi connectivity index (χ1v) is 9.50. The van der Waals surface area contributed by atoms with Crippen molar-refractivity contribution in [2.75, 3.05) is 36.5 Å². The molecule has 0 saturated carbocycles. The predicted octanol–water partition coefficient (Wildman–Crippen LogP) is 3.99. The van der Waals surface area contributed by atoms with E-state index in [1.165, 1.54) is 24.3 Å². The van der Waals surface area contributed by atoms with Crippen molar-refractivity contribution in [1.29, 1.82) is 0 Å². The summed E-state index contributed by atoms with van der Waals surface area (Å²) in [5, 5.41) is 3.76. The molecule has 4 rings (SSSR count). The molecule has 0 aliphatic carbocycles. The number of thiazole rings is 1. The lowest BCUT2D eigenvalue weighted by molar-refractivity contribution is -0.0498. The maximum absolute atomic E-state index is 12.4. The van der Waals surface area contributed by atoms with Crippen molar-refractivity contribution in [3.63, 3.8) is 0 Å². The van der Waals surface area contributed by atoms with Crippen LogP contribution in [0.2, 0.25) is 0 Å². The van der Waals surface area contributed by atoms with E-state index in [0.29, 0.717) is 24.5 Å². The molecule has 1 fully saturated rings. The summed E-state index contributed by atoms with van der Waals surface area (Å²) in [5.74, 6) is -0.325. The number of carbonyl (C=O) groups is 1. The quantitative estimate of drug-likeness (QED) is 0.696. The summed E-state index contributed by atoms with van der Waals surface area (Å²) < 4.78 is 35.0. The Kier molecular flexibility index (Phi) is 5.36. The highest BCUT2D eigenvalue weighted by Gasteiger charge is 2.16. The Morgan fingerprint density at radius 1 is 1.18 bits per heavy atom. The van der Waals surface area contributed by atoms with E-state index in [2.05, 4.69) is 19.9 Å². The Morgan fingerprint density at radius 2 is 1.93 bits per heavy atom. The van der Waals surface area contributed by atoms with Gasteiger partial charge in [-0.2, -0.15) is 8.78 Å². The van der Waals surface area contributed by atoms with E-state index >= 15 is 0 Å². The van der Waals surface area contributed by atoms with Crippen LogP contribution in [0.1, 0.15) is 10.4 Å². The normalized spacial score (nSPS) is 14.5. The van der Waals surface area contributed by atoms with Crippen molar-refractivity contribution in [1.82, 2.24) is 4.98 Å². The lowest BCUT2D eigenvalue weighted by atomic mass is 10.2. The number of anilines is 2. The molecule has 0 bridgehead atoms. The fraction of sp³-hybridized carbons (Fsp3) is 0.263. The molecule has 0 spiro atoms. The van der Waals surface area contributed by atoms with Crippen LogP contribution in [0.25, 0.3) is 10.2 Å². The van der Waals surface area contributed by atoms with Gasteiger partial charge in [-0.05, 0) is 42.5 Å². The summed E-state index contributed by atoms with van der Waals surface area (Å²) in [6, 6.07) is 11.1. The molecule has 1 aromatic heterocycles. The molecule has 1 aliphatic heterocycles. The van der Waals surface area contributed by atoms with Crippen LogP contribution in [0.15, 0.2) is 42.5 Å². The smallest absolute Gasteiger partial charge is 0.387 e. The number of hydrogen-bond acceptors (Lipinski definition) is 6. The molecule has 0 radical (unpaired) electrons. The monoisotopic (exact) mass is 405 g/mol. The maximum Gasteiger partial charge on any atom is 0.387 e. The fourth-order valence-electron chi connectivity index (χ4n) is 2.87. The minimum absolute atomic E-state index is 0.00766. The van der Waals surface area contributed by atoms with E-state index < -0.39 is 6.61 Å². The molecule has 2 heterocycles. The number of fused-ring (bicyclic) bond motifs is 1. The van der Waals surface area contributed by atoms with E-state index in [0.717, 1.165) is 28.4 Å². The summed E-state index contributed by atoms with van der Waals surface area (Å²) in [6.45, 7) is 0.119. The molecule has 0 atom stereocenters. The minimum atomic E-state index is -2.90. The molecule has 146 valence electrons. The summed E-state index contributed by atoms with van der Waals surface area (Å²) in [7, 11) is 0. The number of alkyl halides is 2. The third-order valence-corrected chi connectivity index (χ3v) is 5.34. The van der Waals surface area contributed by atoms with Crippen molar-refractivity contribution in [2.45, 2.75) is 6.61 Å². The van der Waals surface area contributed by atoms with Gasteiger partial charge in [0, 0.05) is 24.3 Å². The standard InChI is InChI=1S/C19H17F2N3O3S/c20-18(21)27-14-4-1-12(2-5-14)17(25)22-13-3-6-15-16(11-13)28-19(23-15)24-7-9-26-10-8-24/h1-6,11,18H,7-10H2,(H,22,25). The van der Waals surface area contributed by atoms with Crippen molar-refractivity contribution in [3.05, 3.63) is 48.0 Å². The predicted molar refractivity (Wildman–Crippen MR) is 104 cm³/mol. The third kappa shape index (κ3) is 4.20. The van der Waals surface area contributed by atoms with E-state index in [4.69, 9.17) is 4.74 Å². The highest BCUT2D eigenvalue weighted by atomic mass is 32.1. The topological polar surface area (TPSA) is 63.7 Å². The van der Waals surface area contributed by atoms with Crippen LogP contribution in [0.3, 0.4) is 0 Å². The van der Waals surface area contributed by atoms with Gasteiger partial charge in [0.2, 0.25) is 0 Å². The van der Waals surface area contributed by atoms with Gasteiger partial charge in [0.25, 0.3) is 5.91 Å². The summed E-state index contributed by atoms with van der Waals surface area (Å²) in [6.07, 6.45) is 0. The molecule has 28 heavy (non-hydrogen) atoms. The van der Waals surface area contributed by atoms with E-state index in [9.17, 15) is 13.6 Å². The molecule has 6 nitrogen and oxygen atoms in total. The van der Waals surface area contributed by atoms with Crippen LogP contribution in [0.4, 0.5) is 19.6 Å². The highest BCUT2D eigenvalue weighted by molar-refractivity contribution is 7.22. The van der Waals surface area contributed by atoms with Gasteiger partial charge >= 0.3 is 6.61 Å². The van der Waals surface area contributed by atoms with Gasteiger partial charge in [0.05, 0.1) is 23.4 Å². The SMILES string of the molecule is O=C(Nc1ccc2nc(N3CCOCC3)sc2c1)c1ccc(OC(F)F)cc1. The highest BCUT2D eigenvalue weighted by Crippen LogP contribution is 2.31. The van der Waals surface area contributed by atoms with Crippen LogP contribution in [0.5, 0.6) is 5.75 Å². The number of ether oxygens (including phenoxy) is 2. The number of benzene rings is 2. The molecular formula is C19H17F2N3O3S. The zero-order valence-electron chi connectivity index (χ0n) is 14.7. The molecule has 1 aliphatic rings. The number of carbonyl (C=O) groups excluding carboxylic acids is 1. The van der Waals surface area contributed by atoms with Crippen molar-refractivity contribution < 1.29 is 23.0 Å². The Labute approximate surface area is 163 Å². The first kappa shape index (κ1) is 18.6. The second-order valence-corrected chi connectivity index (χ2v) is 7.14. The number of morpholine rings is 1. The lowest BCUT2D eigenvalue weighted by Gasteiger charge is -2.25. The van der Waals surface area contributed by atoms with Crippen molar-refractivity contribution in [2.24, 2.45) is 0 Å². The van der Waals surface area contributed by atoms with E-state index in [1.807, 2.05) is 12.1 Å². The number of nitrogens with zero attached hydrogens (tertiary/aromatic N) is 2. The Bertz CT molecular complexity index is 972. The molecule has 1 amide bonds. The summed E-state index contributed by atoms with van der Waals surface area (Å²) in [4.78, 5) is 19.2. The van der Waals surface area contributed by atoms with Gasteiger partial charge < -0.3 is 19.7 Å². The maximum atomic E-state index is 12.4. The van der Waals surface area contributed by atoms with Crippen molar-refractivity contribution >= 4 is 38.3 Å². The van der Waals surface area contributed by atoms with Gasteiger partial charge in [-0.1, -0.05) is 11.3 Å². The molecule has 2 aromatic carbocycles.